The van der Waals surface area contributed by atoms with Crippen molar-refractivity contribution in [1.82, 2.24) is 20.8 Å². The minimum Gasteiger partial charge on any atom is -0.452 e. The fraction of sp³-hybridized carbons (Fsp3) is 0.136. The van der Waals surface area contributed by atoms with Crippen LogP contribution in [0.5, 0.6) is 0 Å². The van der Waals surface area contributed by atoms with Crippen LogP contribution in [-0.4, -0.2) is 41.3 Å². The van der Waals surface area contributed by atoms with Crippen LogP contribution >= 0.6 is 0 Å². The summed E-state index contributed by atoms with van der Waals surface area (Å²) >= 11 is 0. The second kappa shape index (κ2) is 9.97. The highest BCUT2D eigenvalue weighted by molar-refractivity contribution is 5.97. The van der Waals surface area contributed by atoms with Crippen LogP contribution < -0.4 is 10.6 Å². The Morgan fingerprint density at radius 1 is 1.06 bits per heavy atom. The number of hydrogen-bond donors (Lipinski definition) is 2. The molecule has 9 nitrogen and oxygen atoms in total. The molecule has 0 aliphatic heterocycles. The number of aryl methyl sites for hydroxylation is 1. The molecule has 2 N–H and O–H groups in total. The molecule has 0 fully saturated rings. The van der Waals surface area contributed by atoms with E-state index in [0.717, 1.165) is 11.1 Å². The third-order valence-corrected chi connectivity index (χ3v) is 4.16. The largest absolute Gasteiger partial charge is 0.452 e. The molecule has 0 radical (unpaired) electrons. The van der Waals surface area contributed by atoms with Gasteiger partial charge in [0.2, 0.25) is 11.8 Å². The van der Waals surface area contributed by atoms with Crippen LogP contribution in [0.3, 0.4) is 0 Å². The Hall–Kier alpha value is -4.27. The molecule has 0 aliphatic rings. The molecule has 31 heavy (non-hydrogen) atoms. The molecule has 3 amide bonds. The smallest absolute Gasteiger partial charge is 0.338 e. The van der Waals surface area contributed by atoms with Crippen molar-refractivity contribution < 1.29 is 23.5 Å². The van der Waals surface area contributed by atoms with Crippen molar-refractivity contribution in [2.24, 2.45) is 0 Å². The average Bonchev–Trinajstić information content (AvgIpc) is 3.26. The normalized spacial score (nSPS) is 10.2. The lowest BCUT2D eigenvalue weighted by Crippen LogP contribution is -2.41. The Kier molecular flexibility index (Phi) is 6.89. The van der Waals surface area contributed by atoms with Gasteiger partial charge in [-0.3, -0.25) is 10.1 Å². The van der Waals surface area contributed by atoms with Gasteiger partial charge < -0.3 is 14.5 Å². The summed E-state index contributed by atoms with van der Waals surface area (Å²) in [7, 11) is 0. The molecule has 0 spiro atoms. The first kappa shape index (κ1) is 21.4. The van der Waals surface area contributed by atoms with Crippen molar-refractivity contribution in [2.75, 3.05) is 13.2 Å². The molecule has 1 heterocycles. The van der Waals surface area contributed by atoms with Gasteiger partial charge in [-0.25, -0.2) is 9.59 Å². The van der Waals surface area contributed by atoms with E-state index in [2.05, 4.69) is 22.1 Å². The Labute approximate surface area is 178 Å². The number of imide groups is 1. The highest BCUT2D eigenvalue weighted by Crippen LogP contribution is 2.26. The van der Waals surface area contributed by atoms with Gasteiger partial charge in [0.25, 0.3) is 5.91 Å². The van der Waals surface area contributed by atoms with Crippen molar-refractivity contribution in [1.29, 1.82) is 0 Å². The molecule has 0 saturated carbocycles. The van der Waals surface area contributed by atoms with Gasteiger partial charge in [-0.2, -0.15) is 0 Å². The molecule has 1 aromatic heterocycles. The standard InChI is InChI=1S/C22H20N4O5/c1-3-12-23-22(29)24-18(27)13-30-21(28)16-10-8-15(9-11-16)19-25-26-20(31-19)17-7-5-4-6-14(17)2/h3-11H,1,12-13H2,2H3,(H2,23,24,27,29). The summed E-state index contributed by atoms with van der Waals surface area (Å²) in [5.41, 5.74) is 2.71. The van der Waals surface area contributed by atoms with Gasteiger partial charge in [0.15, 0.2) is 6.61 Å². The molecular weight excluding hydrogens is 400 g/mol. The van der Waals surface area contributed by atoms with Crippen molar-refractivity contribution in [2.45, 2.75) is 6.92 Å². The number of benzene rings is 2. The number of nitrogens with one attached hydrogen (secondary N) is 2. The van der Waals surface area contributed by atoms with Crippen LogP contribution in [0.4, 0.5) is 4.79 Å². The van der Waals surface area contributed by atoms with E-state index in [1.54, 1.807) is 12.1 Å². The summed E-state index contributed by atoms with van der Waals surface area (Å²) in [6, 6.07) is 13.3. The Balaban J connectivity index is 1.58. The minimum atomic E-state index is -0.749. The molecule has 158 valence electrons. The highest BCUT2D eigenvalue weighted by Gasteiger charge is 2.15. The maximum atomic E-state index is 12.1. The maximum absolute atomic E-state index is 12.1. The summed E-state index contributed by atoms with van der Waals surface area (Å²) in [5, 5.41) is 12.5. The van der Waals surface area contributed by atoms with Crippen LogP contribution in [0.2, 0.25) is 0 Å². The van der Waals surface area contributed by atoms with Crippen LogP contribution in [0, 0.1) is 6.92 Å². The fourth-order valence-electron chi connectivity index (χ4n) is 2.60. The quantitative estimate of drug-likeness (QED) is 0.445. The van der Waals surface area contributed by atoms with Crippen molar-refractivity contribution >= 4 is 17.9 Å². The lowest BCUT2D eigenvalue weighted by Gasteiger charge is -2.06. The predicted molar refractivity (Wildman–Crippen MR) is 112 cm³/mol. The average molecular weight is 420 g/mol. The summed E-state index contributed by atoms with van der Waals surface area (Å²) in [6.45, 7) is 5.01. The Morgan fingerprint density at radius 2 is 1.77 bits per heavy atom. The first-order valence-corrected chi connectivity index (χ1v) is 9.33. The van der Waals surface area contributed by atoms with E-state index in [1.807, 2.05) is 36.5 Å². The molecule has 0 atom stereocenters. The van der Waals surface area contributed by atoms with E-state index in [9.17, 15) is 14.4 Å². The molecule has 0 aliphatic carbocycles. The zero-order chi connectivity index (χ0) is 22.2. The van der Waals surface area contributed by atoms with E-state index >= 15 is 0 Å². The summed E-state index contributed by atoms with van der Waals surface area (Å²) in [5.74, 6) is -0.747. The molecule has 9 heteroatoms. The topological polar surface area (TPSA) is 123 Å². The van der Waals surface area contributed by atoms with Crippen LogP contribution in [0.1, 0.15) is 15.9 Å². The molecule has 2 aromatic carbocycles. The number of nitrogens with zero attached hydrogens (tertiary/aromatic N) is 2. The number of rotatable bonds is 7. The van der Waals surface area contributed by atoms with E-state index in [4.69, 9.17) is 9.15 Å². The van der Waals surface area contributed by atoms with E-state index < -0.39 is 24.5 Å². The molecular formula is C22H20N4O5. The number of esters is 1. The van der Waals surface area contributed by atoms with Crippen LogP contribution in [-0.2, 0) is 9.53 Å². The second-order valence-corrected chi connectivity index (χ2v) is 6.43. The van der Waals surface area contributed by atoms with E-state index in [-0.39, 0.29) is 12.1 Å². The van der Waals surface area contributed by atoms with Gasteiger partial charge in [0.1, 0.15) is 0 Å². The van der Waals surface area contributed by atoms with Gasteiger partial charge >= 0.3 is 12.0 Å². The maximum Gasteiger partial charge on any atom is 0.338 e. The van der Waals surface area contributed by atoms with E-state index in [0.29, 0.717) is 17.3 Å². The second-order valence-electron chi connectivity index (χ2n) is 6.43. The highest BCUT2D eigenvalue weighted by atomic mass is 16.5. The lowest BCUT2D eigenvalue weighted by molar-refractivity contribution is -0.123. The Bertz CT molecular complexity index is 1110. The zero-order valence-corrected chi connectivity index (χ0v) is 16.8. The first-order chi connectivity index (χ1) is 15.0. The van der Waals surface area contributed by atoms with Gasteiger partial charge in [-0.1, -0.05) is 24.3 Å². The van der Waals surface area contributed by atoms with Gasteiger partial charge in [-0.15, -0.1) is 16.8 Å². The molecule has 3 aromatic rings. The third-order valence-electron chi connectivity index (χ3n) is 4.16. The number of hydrogen-bond acceptors (Lipinski definition) is 7. The van der Waals surface area contributed by atoms with Gasteiger partial charge in [0, 0.05) is 17.7 Å². The molecule has 0 bridgehead atoms. The van der Waals surface area contributed by atoms with Crippen LogP contribution in [0.15, 0.2) is 65.6 Å². The van der Waals surface area contributed by atoms with Crippen LogP contribution in [0.25, 0.3) is 22.9 Å². The number of carbonyl (C=O) groups is 3. The third kappa shape index (κ3) is 5.63. The van der Waals surface area contributed by atoms with E-state index in [1.165, 1.54) is 18.2 Å². The molecule has 3 rings (SSSR count). The predicted octanol–water partition coefficient (Wildman–Crippen LogP) is 2.88. The number of amides is 3. The Morgan fingerprint density at radius 3 is 2.48 bits per heavy atom. The number of aromatic nitrogens is 2. The number of ether oxygens (including phenoxy) is 1. The molecule has 0 saturated heterocycles. The van der Waals surface area contributed by atoms with Crippen molar-refractivity contribution in [3.05, 3.63) is 72.3 Å². The van der Waals surface area contributed by atoms with Crippen molar-refractivity contribution in [3.63, 3.8) is 0 Å². The van der Waals surface area contributed by atoms with Gasteiger partial charge in [-0.05, 0) is 42.8 Å². The zero-order valence-electron chi connectivity index (χ0n) is 16.8. The van der Waals surface area contributed by atoms with Gasteiger partial charge in [0.05, 0.1) is 5.56 Å². The van der Waals surface area contributed by atoms with Crippen molar-refractivity contribution in [3.8, 4) is 22.9 Å². The SMILES string of the molecule is C=CCNC(=O)NC(=O)COC(=O)c1ccc(-c2nnc(-c3ccccc3C)o2)cc1. The number of urea groups is 1. The summed E-state index contributed by atoms with van der Waals surface area (Å²) in [6.07, 6.45) is 1.46. The first-order valence-electron chi connectivity index (χ1n) is 9.33. The minimum absolute atomic E-state index is 0.206. The summed E-state index contributed by atoms with van der Waals surface area (Å²) < 4.78 is 10.7. The fourth-order valence-corrected chi connectivity index (χ4v) is 2.60. The lowest BCUT2D eigenvalue weighted by atomic mass is 10.1. The monoisotopic (exact) mass is 420 g/mol. The molecule has 0 unspecified atom stereocenters. The number of carbonyl (C=O) groups excluding carboxylic acids is 3. The summed E-state index contributed by atoms with van der Waals surface area (Å²) in [4.78, 5) is 35.1.